The van der Waals surface area contributed by atoms with Crippen LogP contribution in [0.15, 0.2) is 41.6 Å². The molecule has 0 fully saturated rings. The van der Waals surface area contributed by atoms with E-state index >= 15 is 0 Å². The van der Waals surface area contributed by atoms with Crippen molar-refractivity contribution >= 4 is 23.4 Å². The van der Waals surface area contributed by atoms with Gasteiger partial charge in [-0.05, 0) is 31.2 Å². The second-order valence-electron chi connectivity index (χ2n) is 6.50. The average Bonchev–Trinajstić information content (AvgIpc) is 3.24. The zero-order valence-electron chi connectivity index (χ0n) is 18.7. The molecule has 0 saturated heterocycles. The normalized spacial score (nSPS) is 10.5. The van der Waals surface area contributed by atoms with Gasteiger partial charge in [-0.1, -0.05) is 23.9 Å². The Morgan fingerprint density at radius 3 is 2.22 bits per heavy atom. The quantitative estimate of drug-likeness (QED) is 0.459. The number of thioether (sulfide) groups is 1. The highest BCUT2D eigenvalue weighted by Crippen LogP contribution is 2.41. The number of hydrogen-bond donors (Lipinski definition) is 1. The second kappa shape index (κ2) is 10.8. The Balaban J connectivity index is 1.80. The monoisotopic (exact) mass is 458 g/mol. The lowest BCUT2D eigenvalue weighted by molar-refractivity contribution is -0.113. The van der Waals surface area contributed by atoms with Gasteiger partial charge in [-0.25, -0.2) is 0 Å². The van der Waals surface area contributed by atoms with E-state index in [2.05, 4.69) is 15.5 Å². The fourth-order valence-electron chi connectivity index (χ4n) is 3.17. The molecule has 32 heavy (non-hydrogen) atoms. The van der Waals surface area contributed by atoms with Gasteiger partial charge in [-0.3, -0.25) is 4.79 Å². The van der Waals surface area contributed by atoms with E-state index in [1.807, 2.05) is 35.8 Å². The van der Waals surface area contributed by atoms with Gasteiger partial charge >= 0.3 is 0 Å². The Hall–Kier alpha value is -3.40. The van der Waals surface area contributed by atoms with E-state index in [0.29, 0.717) is 46.2 Å². The molecule has 10 heteroatoms. The first-order valence-electron chi connectivity index (χ1n) is 9.85. The van der Waals surface area contributed by atoms with Gasteiger partial charge in [-0.2, -0.15) is 0 Å². The molecule has 170 valence electrons. The lowest BCUT2D eigenvalue weighted by Gasteiger charge is -2.14. The average molecular weight is 459 g/mol. The van der Waals surface area contributed by atoms with Crippen LogP contribution in [0.25, 0.3) is 11.4 Å². The molecular formula is C22H26N4O5S. The lowest BCUT2D eigenvalue weighted by atomic mass is 10.1. The number of carbonyl (C=O) groups is 1. The predicted molar refractivity (Wildman–Crippen MR) is 123 cm³/mol. The number of rotatable bonds is 10. The van der Waals surface area contributed by atoms with Crippen molar-refractivity contribution in [1.82, 2.24) is 14.8 Å². The highest BCUT2D eigenvalue weighted by molar-refractivity contribution is 7.99. The van der Waals surface area contributed by atoms with Crippen LogP contribution in [0.5, 0.6) is 23.0 Å². The van der Waals surface area contributed by atoms with Crippen molar-refractivity contribution in [3.8, 4) is 34.4 Å². The first-order chi connectivity index (χ1) is 15.6. The van der Waals surface area contributed by atoms with Crippen molar-refractivity contribution in [2.45, 2.75) is 18.6 Å². The van der Waals surface area contributed by atoms with E-state index in [-0.39, 0.29) is 11.7 Å². The topological polar surface area (TPSA) is 96.7 Å². The summed E-state index contributed by atoms with van der Waals surface area (Å²) in [6.45, 7) is 2.61. The van der Waals surface area contributed by atoms with Crippen LogP contribution in [-0.4, -0.2) is 54.9 Å². The minimum absolute atomic E-state index is 0.167. The molecule has 1 aromatic heterocycles. The fraction of sp³-hybridized carbons (Fsp3) is 0.318. The zero-order chi connectivity index (χ0) is 23.1. The molecule has 0 unspecified atom stereocenters. The van der Waals surface area contributed by atoms with Gasteiger partial charge < -0.3 is 28.8 Å². The maximum Gasteiger partial charge on any atom is 0.234 e. The van der Waals surface area contributed by atoms with Crippen molar-refractivity contribution in [1.29, 1.82) is 0 Å². The number of methoxy groups -OCH3 is 4. The van der Waals surface area contributed by atoms with Crippen molar-refractivity contribution < 1.29 is 23.7 Å². The molecule has 2 aromatic carbocycles. The molecule has 0 aliphatic heterocycles. The number of benzene rings is 2. The van der Waals surface area contributed by atoms with Crippen LogP contribution in [-0.2, 0) is 11.3 Å². The van der Waals surface area contributed by atoms with E-state index in [1.54, 1.807) is 40.6 Å². The van der Waals surface area contributed by atoms with E-state index in [1.165, 1.54) is 11.8 Å². The van der Waals surface area contributed by atoms with Crippen LogP contribution in [0.2, 0.25) is 0 Å². The predicted octanol–water partition coefficient (Wildman–Crippen LogP) is 3.73. The number of carbonyl (C=O) groups excluding carboxylic acids is 1. The van der Waals surface area contributed by atoms with E-state index in [4.69, 9.17) is 18.9 Å². The van der Waals surface area contributed by atoms with Gasteiger partial charge in [-0.15, -0.1) is 10.2 Å². The summed E-state index contributed by atoms with van der Waals surface area (Å²) < 4.78 is 23.5. The largest absolute Gasteiger partial charge is 0.495 e. The van der Waals surface area contributed by atoms with Crippen LogP contribution >= 0.6 is 11.8 Å². The standard InChI is InChI=1S/C22H26N4O5S/c1-6-26-21(14-11-17(29-3)20(31-5)18(12-14)30-4)24-25-22(26)32-13-19(27)23-15-9-7-8-10-16(15)28-2/h7-12H,6,13H2,1-5H3,(H,23,27). The van der Waals surface area contributed by atoms with Gasteiger partial charge in [0.1, 0.15) is 5.75 Å². The molecule has 0 saturated carbocycles. The van der Waals surface area contributed by atoms with E-state index < -0.39 is 0 Å². The third kappa shape index (κ3) is 4.91. The summed E-state index contributed by atoms with van der Waals surface area (Å²) in [7, 11) is 6.24. The van der Waals surface area contributed by atoms with Crippen LogP contribution in [0.3, 0.4) is 0 Å². The van der Waals surface area contributed by atoms with Crippen molar-refractivity contribution in [3.05, 3.63) is 36.4 Å². The minimum atomic E-state index is -0.167. The van der Waals surface area contributed by atoms with E-state index in [9.17, 15) is 4.79 Å². The van der Waals surface area contributed by atoms with Crippen molar-refractivity contribution in [2.75, 3.05) is 39.5 Å². The third-order valence-electron chi connectivity index (χ3n) is 4.67. The first-order valence-corrected chi connectivity index (χ1v) is 10.8. The summed E-state index contributed by atoms with van der Waals surface area (Å²) in [4.78, 5) is 12.5. The summed E-state index contributed by atoms with van der Waals surface area (Å²) in [5.74, 6) is 2.80. The Labute approximate surface area is 191 Å². The summed E-state index contributed by atoms with van der Waals surface area (Å²) in [6, 6.07) is 10.9. The molecule has 0 radical (unpaired) electrons. The van der Waals surface area contributed by atoms with Gasteiger partial charge in [0.2, 0.25) is 11.7 Å². The zero-order valence-corrected chi connectivity index (χ0v) is 19.5. The summed E-state index contributed by atoms with van der Waals surface area (Å²) in [5.41, 5.74) is 1.38. The summed E-state index contributed by atoms with van der Waals surface area (Å²) in [5, 5.41) is 12.1. The lowest BCUT2D eigenvalue weighted by Crippen LogP contribution is -2.15. The summed E-state index contributed by atoms with van der Waals surface area (Å²) in [6.07, 6.45) is 0. The Morgan fingerprint density at radius 1 is 0.969 bits per heavy atom. The minimum Gasteiger partial charge on any atom is -0.495 e. The van der Waals surface area contributed by atoms with Crippen LogP contribution in [0.1, 0.15) is 6.92 Å². The number of nitrogens with one attached hydrogen (secondary N) is 1. The molecule has 0 atom stereocenters. The first kappa shape index (κ1) is 23.3. The number of ether oxygens (including phenoxy) is 4. The van der Waals surface area contributed by atoms with Crippen LogP contribution < -0.4 is 24.3 Å². The van der Waals surface area contributed by atoms with Crippen LogP contribution in [0.4, 0.5) is 5.69 Å². The number of aromatic nitrogens is 3. The Kier molecular flexibility index (Phi) is 7.82. The van der Waals surface area contributed by atoms with Gasteiger partial charge in [0.25, 0.3) is 0 Å². The third-order valence-corrected chi connectivity index (χ3v) is 5.64. The van der Waals surface area contributed by atoms with Gasteiger partial charge in [0.15, 0.2) is 22.5 Å². The molecule has 0 aliphatic rings. The summed E-state index contributed by atoms with van der Waals surface area (Å²) >= 11 is 1.30. The molecule has 3 rings (SSSR count). The molecular weight excluding hydrogens is 432 g/mol. The molecule has 1 heterocycles. The molecule has 1 N–H and O–H groups in total. The smallest absolute Gasteiger partial charge is 0.234 e. The second-order valence-corrected chi connectivity index (χ2v) is 7.44. The highest BCUT2D eigenvalue weighted by atomic mass is 32.2. The molecule has 9 nitrogen and oxygen atoms in total. The number of hydrogen-bond acceptors (Lipinski definition) is 8. The van der Waals surface area contributed by atoms with Crippen molar-refractivity contribution in [2.24, 2.45) is 0 Å². The maximum absolute atomic E-state index is 12.5. The van der Waals surface area contributed by atoms with E-state index in [0.717, 1.165) is 5.56 Å². The number of nitrogens with zero attached hydrogens (tertiary/aromatic N) is 3. The van der Waals surface area contributed by atoms with Gasteiger partial charge in [0.05, 0.1) is 39.9 Å². The van der Waals surface area contributed by atoms with Crippen molar-refractivity contribution in [3.63, 3.8) is 0 Å². The molecule has 1 amide bonds. The number of para-hydroxylation sites is 2. The van der Waals surface area contributed by atoms with Crippen LogP contribution in [0, 0.1) is 0 Å². The Morgan fingerprint density at radius 2 is 1.62 bits per heavy atom. The fourth-order valence-corrected chi connectivity index (χ4v) is 3.97. The SMILES string of the molecule is CCn1c(SCC(=O)Nc2ccccc2OC)nnc1-c1cc(OC)c(OC)c(OC)c1. The van der Waals surface area contributed by atoms with Gasteiger partial charge in [0, 0.05) is 12.1 Å². The molecule has 3 aromatic rings. The maximum atomic E-state index is 12.5. The highest BCUT2D eigenvalue weighted by Gasteiger charge is 2.20. The number of anilines is 1. The molecule has 0 bridgehead atoms. The molecule has 0 spiro atoms. The number of amides is 1. The molecule has 0 aliphatic carbocycles. The Bertz CT molecular complexity index is 1060.